The van der Waals surface area contributed by atoms with E-state index in [0.717, 1.165) is 11.7 Å². The van der Waals surface area contributed by atoms with Crippen molar-refractivity contribution < 1.29 is 4.74 Å². The van der Waals surface area contributed by atoms with Gasteiger partial charge in [-0.2, -0.15) is 0 Å². The minimum atomic E-state index is 0.496. The van der Waals surface area contributed by atoms with Gasteiger partial charge < -0.3 is 4.74 Å². The van der Waals surface area contributed by atoms with Crippen molar-refractivity contribution in [3.63, 3.8) is 0 Å². The lowest BCUT2D eigenvalue weighted by Gasteiger charge is -2.34. The van der Waals surface area contributed by atoms with Crippen molar-refractivity contribution in [2.45, 2.75) is 51.0 Å². The summed E-state index contributed by atoms with van der Waals surface area (Å²) >= 11 is 0. The zero-order valence-corrected chi connectivity index (χ0v) is 9.82. The monoisotopic (exact) mass is 216 g/mol. The molecule has 1 aliphatic heterocycles. The molecule has 1 aliphatic carbocycles. The van der Waals surface area contributed by atoms with Gasteiger partial charge in [0.15, 0.2) is 0 Å². The van der Waals surface area contributed by atoms with Gasteiger partial charge in [-0.15, -0.1) is 0 Å². The Morgan fingerprint density at radius 1 is 0.938 bits per heavy atom. The second-order valence-electron chi connectivity index (χ2n) is 5.20. The molecular weight excluding hydrogens is 196 g/mol. The fraction of sp³-hybridized carbons (Fsp3) is 0.600. The predicted octanol–water partition coefficient (Wildman–Crippen LogP) is 3.96. The zero-order chi connectivity index (χ0) is 10.8. The van der Waals surface area contributed by atoms with Crippen LogP contribution in [0.25, 0.3) is 0 Å². The van der Waals surface area contributed by atoms with Crippen LogP contribution in [0.15, 0.2) is 24.3 Å². The zero-order valence-electron chi connectivity index (χ0n) is 9.82. The van der Waals surface area contributed by atoms with Crippen LogP contribution in [-0.4, -0.2) is 6.10 Å². The SMILES string of the molecule is c1ccc2c(c1)CCC(C1CCCCC1)O2. The van der Waals surface area contributed by atoms with Crippen LogP contribution in [0.2, 0.25) is 0 Å². The highest BCUT2D eigenvalue weighted by Gasteiger charge is 2.28. The van der Waals surface area contributed by atoms with Gasteiger partial charge >= 0.3 is 0 Å². The summed E-state index contributed by atoms with van der Waals surface area (Å²) in [6, 6.07) is 8.53. The highest BCUT2D eigenvalue weighted by atomic mass is 16.5. The molecule has 0 amide bonds. The first-order chi connectivity index (χ1) is 7.93. The van der Waals surface area contributed by atoms with Crippen molar-refractivity contribution in [3.8, 4) is 5.75 Å². The molecule has 0 N–H and O–H groups in total. The summed E-state index contributed by atoms with van der Waals surface area (Å²) in [6.45, 7) is 0. The molecule has 0 saturated heterocycles. The molecule has 16 heavy (non-hydrogen) atoms. The summed E-state index contributed by atoms with van der Waals surface area (Å²) in [6.07, 6.45) is 9.94. The van der Waals surface area contributed by atoms with E-state index in [4.69, 9.17) is 4.74 Å². The van der Waals surface area contributed by atoms with Crippen LogP contribution in [-0.2, 0) is 6.42 Å². The third-order valence-corrected chi connectivity index (χ3v) is 4.12. The molecule has 1 fully saturated rings. The topological polar surface area (TPSA) is 9.23 Å². The van der Waals surface area contributed by atoms with E-state index in [1.165, 1.54) is 50.5 Å². The second-order valence-corrected chi connectivity index (χ2v) is 5.20. The van der Waals surface area contributed by atoms with Crippen LogP contribution in [0.5, 0.6) is 5.75 Å². The molecule has 0 bridgehead atoms. The van der Waals surface area contributed by atoms with Crippen molar-refractivity contribution in [3.05, 3.63) is 29.8 Å². The first-order valence-electron chi connectivity index (χ1n) is 6.68. The maximum atomic E-state index is 6.17. The van der Waals surface area contributed by atoms with Gasteiger partial charge in [-0.3, -0.25) is 0 Å². The van der Waals surface area contributed by atoms with E-state index in [1.807, 2.05) is 0 Å². The summed E-state index contributed by atoms with van der Waals surface area (Å²) < 4.78 is 6.17. The minimum Gasteiger partial charge on any atom is -0.490 e. The van der Waals surface area contributed by atoms with Crippen molar-refractivity contribution in [1.82, 2.24) is 0 Å². The van der Waals surface area contributed by atoms with E-state index in [2.05, 4.69) is 24.3 Å². The highest BCUT2D eigenvalue weighted by Crippen LogP contribution is 2.35. The Bertz CT molecular complexity index is 352. The summed E-state index contributed by atoms with van der Waals surface area (Å²) in [5.41, 5.74) is 1.40. The third kappa shape index (κ3) is 1.95. The van der Waals surface area contributed by atoms with E-state index < -0.39 is 0 Å². The first kappa shape index (κ1) is 10.2. The van der Waals surface area contributed by atoms with Gasteiger partial charge in [-0.25, -0.2) is 0 Å². The molecule has 1 heteroatoms. The quantitative estimate of drug-likeness (QED) is 0.690. The number of rotatable bonds is 1. The lowest BCUT2D eigenvalue weighted by atomic mass is 9.82. The van der Waals surface area contributed by atoms with Crippen LogP contribution in [0.3, 0.4) is 0 Å². The Morgan fingerprint density at radius 2 is 1.75 bits per heavy atom. The molecule has 86 valence electrons. The van der Waals surface area contributed by atoms with Crippen molar-refractivity contribution >= 4 is 0 Å². The summed E-state index contributed by atoms with van der Waals surface area (Å²) in [5, 5.41) is 0. The van der Waals surface area contributed by atoms with E-state index in [1.54, 1.807) is 0 Å². The maximum absolute atomic E-state index is 6.17. The molecular formula is C15H20O. The second kappa shape index (κ2) is 4.48. The van der Waals surface area contributed by atoms with Crippen LogP contribution in [0, 0.1) is 5.92 Å². The van der Waals surface area contributed by atoms with Gasteiger partial charge in [-0.05, 0) is 43.2 Å². The molecule has 1 atom stereocenters. The average molecular weight is 216 g/mol. The first-order valence-corrected chi connectivity index (χ1v) is 6.68. The summed E-state index contributed by atoms with van der Waals surface area (Å²) in [5.74, 6) is 1.96. The largest absolute Gasteiger partial charge is 0.490 e. The van der Waals surface area contributed by atoms with Gasteiger partial charge in [0.25, 0.3) is 0 Å². The molecule has 1 unspecified atom stereocenters. The smallest absolute Gasteiger partial charge is 0.122 e. The number of ether oxygens (including phenoxy) is 1. The van der Waals surface area contributed by atoms with Crippen molar-refractivity contribution in [1.29, 1.82) is 0 Å². The van der Waals surface area contributed by atoms with E-state index in [0.29, 0.717) is 6.10 Å². The molecule has 0 radical (unpaired) electrons. The molecule has 3 rings (SSSR count). The van der Waals surface area contributed by atoms with Crippen molar-refractivity contribution in [2.75, 3.05) is 0 Å². The molecule has 2 aliphatic rings. The predicted molar refractivity (Wildman–Crippen MR) is 65.8 cm³/mol. The Labute approximate surface area is 97.8 Å². The number of para-hydroxylation sites is 1. The Balaban J connectivity index is 1.72. The van der Waals surface area contributed by atoms with Gasteiger partial charge in [0, 0.05) is 0 Å². The van der Waals surface area contributed by atoms with Crippen molar-refractivity contribution in [2.24, 2.45) is 5.92 Å². The molecule has 1 aromatic rings. The van der Waals surface area contributed by atoms with E-state index in [-0.39, 0.29) is 0 Å². The summed E-state index contributed by atoms with van der Waals surface area (Å²) in [7, 11) is 0. The molecule has 1 nitrogen and oxygen atoms in total. The lowest BCUT2D eigenvalue weighted by molar-refractivity contribution is 0.0880. The molecule has 0 spiro atoms. The van der Waals surface area contributed by atoms with Gasteiger partial charge in [0.2, 0.25) is 0 Å². The lowest BCUT2D eigenvalue weighted by Crippen LogP contribution is -2.32. The molecule has 1 heterocycles. The standard InChI is InChI=1S/C15H20O/c1-2-6-12(7-3-1)15-11-10-13-8-4-5-9-14(13)16-15/h4-5,8-9,12,15H,1-3,6-7,10-11H2. The number of aryl methyl sites for hydroxylation is 1. The molecule has 1 saturated carbocycles. The maximum Gasteiger partial charge on any atom is 0.122 e. The Kier molecular flexibility index (Phi) is 2.86. The van der Waals surface area contributed by atoms with Crippen LogP contribution >= 0.6 is 0 Å². The Morgan fingerprint density at radius 3 is 2.62 bits per heavy atom. The fourth-order valence-electron chi connectivity index (χ4n) is 3.18. The van der Waals surface area contributed by atoms with Gasteiger partial charge in [-0.1, -0.05) is 37.5 Å². The molecule has 1 aromatic carbocycles. The normalized spacial score (nSPS) is 25.9. The average Bonchev–Trinajstić information content (AvgIpc) is 2.39. The number of hydrogen-bond acceptors (Lipinski definition) is 1. The van der Waals surface area contributed by atoms with Crippen LogP contribution in [0.1, 0.15) is 44.1 Å². The van der Waals surface area contributed by atoms with E-state index >= 15 is 0 Å². The van der Waals surface area contributed by atoms with E-state index in [9.17, 15) is 0 Å². The summed E-state index contributed by atoms with van der Waals surface area (Å²) in [4.78, 5) is 0. The highest BCUT2D eigenvalue weighted by molar-refractivity contribution is 5.35. The molecule has 0 aromatic heterocycles. The number of fused-ring (bicyclic) bond motifs is 1. The minimum absolute atomic E-state index is 0.496. The Hall–Kier alpha value is -0.980. The number of hydrogen-bond donors (Lipinski definition) is 0. The van der Waals surface area contributed by atoms with Crippen LogP contribution in [0.4, 0.5) is 0 Å². The van der Waals surface area contributed by atoms with Gasteiger partial charge in [0.1, 0.15) is 11.9 Å². The van der Waals surface area contributed by atoms with Gasteiger partial charge in [0.05, 0.1) is 0 Å². The fourth-order valence-corrected chi connectivity index (χ4v) is 3.18. The third-order valence-electron chi connectivity index (χ3n) is 4.12. The number of benzene rings is 1. The van der Waals surface area contributed by atoms with Crippen LogP contribution < -0.4 is 4.74 Å².